The largest absolute Gasteiger partial charge is 0.352 e. The highest BCUT2D eigenvalue weighted by Crippen LogP contribution is 2.44. The third-order valence-corrected chi connectivity index (χ3v) is 8.75. The minimum atomic E-state index is -3.89. The molecule has 4 atom stereocenters. The molecule has 1 fully saturated rings. The topological polar surface area (TPSA) is 63.7 Å². The molecule has 0 saturated carbocycles. The lowest BCUT2D eigenvalue weighted by Gasteiger charge is -2.33. The van der Waals surface area contributed by atoms with Crippen molar-refractivity contribution in [2.24, 2.45) is 5.92 Å². The molecule has 5 rings (SSSR count). The van der Waals surface area contributed by atoms with E-state index in [4.69, 9.17) is 4.74 Å². The van der Waals surface area contributed by atoms with Crippen molar-refractivity contribution >= 4 is 15.8 Å². The maximum Gasteiger partial charge on any atom is 0.245 e. The second-order valence-corrected chi connectivity index (χ2v) is 10.8. The highest BCUT2D eigenvalue weighted by atomic mass is 32.2. The number of hydrogen-bond donors (Lipinski definition) is 0. The van der Waals surface area contributed by atoms with Crippen molar-refractivity contribution in [1.29, 1.82) is 0 Å². The monoisotopic (exact) mass is 461 g/mol. The first kappa shape index (κ1) is 22.0. The Morgan fingerprint density at radius 3 is 2.30 bits per heavy atom. The Balaban J connectivity index is 1.58. The molecule has 1 aliphatic heterocycles. The lowest BCUT2D eigenvalue weighted by atomic mass is 9.82. The van der Waals surface area contributed by atoms with Crippen molar-refractivity contribution in [3.05, 3.63) is 101 Å². The highest BCUT2D eigenvalue weighted by molar-refractivity contribution is 7.89. The molecule has 5 nitrogen and oxygen atoms in total. The number of hydrogen-bond acceptors (Lipinski definition) is 4. The SMILES string of the molecule is Cc1ccc(S(=O)(=O)N2[C@H](C)[C@@H](c3ccccc3)O[C@@H]2[C@H]2CCc3ccccc3C2=O)cc1. The van der Waals surface area contributed by atoms with Crippen molar-refractivity contribution < 1.29 is 17.9 Å². The average molecular weight is 462 g/mol. The van der Waals surface area contributed by atoms with E-state index in [0.29, 0.717) is 12.0 Å². The molecule has 2 aliphatic rings. The van der Waals surface area contributed by atoms with Crippen molar-refractivity contribution in [1.82, 2.24) is 4.31 Å². The molecule has 1 saturated heterocycles. The molecule has 170 valence electrons. The zero-order valence-corrected chi connectivity index (χ0v) is 19.5. The first-order valence-corrected chi connectivity index (χ1v) is 12.7. The third kappa shape index (κ3) is 3.82. The van der Waals surface area contributed by atoms with Crippen LogP contribution in [0.15, 0.2) is 83.8 Å². The first-order chi connectivity index (χ1) is 15.9. The van der Waals surface area contributed by atoms with Crippen LogP contribution < -0.4 is 0 Å². The Hall–Kier alpha value is -2.80. The molecule has 1 aliphatic carbocycles. The predicted molar refractivity (Wildman–Crippen MR) is 126 cm³/mol. The number of carbonyl (C=O) groups excluding carboxylic acids is 1. The molecular formula is C27H27NO4S. The Bertz CT molecular complexity index is 1270. The lowest BCUT2D eigenvalue weighted by molar-refractivity contribution is -0.0155. The van der Waals surface area contributed by atoms with E-state index < -0.39 is 34.3 Å². The van der Waals surface area contributed by atoms with Gasteiger partial charge in [-0.3, -0.25) is 4.79 Å². The molecule has 0 spiro atoms. The van der Waals surface area contributed by atoms with E-state index in [0.717, 1.165) is 23.1 Å². The average Bonchev–Trinajstić information content (AvgIpc) is 3.18. The second kappa shape index (κ2) is 8.52. The molecule has 6 heteroatoms. The van der Waals surface area contributed by atoms with E-state index >= 15 is 0 Å². The fourth-order valence-corrected chi connectivity index (χ4v) is 6.78. The van der Waals surface area contributed by atoms with Crippen LogP contribution in [0.1, 0.15) is 46.5 Å². The van der Waals surface area contributed by atoms with Crippen LogP contribution in [0, 0.1) is 12.8 Å². The number of fused-ring (bicyclic) bond motifs is 1. The van der Waals surface area contributed by atoms with Crippen molar-refractivity contribution in [2.75, 3.05) is 0 Å². The Labute approximate surface area is 195 Å². The molecule has 0 radical (unpaired) electrons. The fourth-order valence-electron chi connectivity index (χ4n) is 5.04. The normalized spacial score (nSPS) is 25.7. The van der Waals surface area contributed by atoms with Gasteiger partial charge in [-0.05, 0) is 49.9 Å². The Morgan fingerprint density at radius 1 is 0.909 bits per heavy atom. The summed E-state index contributed by atoms with van der Waals surface area (Å²) < 4.78 is 35.6. The highest BCUT2D eigenvalue weighted by Gasteiger charge is 2.52. The van der Waals surface area contributed by atoms with Gasteiger partial charge in [-0.25, -0.2) is 8.42 Å². The van der Waals surface area contributed by atoms with Crippen molar-refractivity contribution in [3.63, 3.8) is 0 Å². The van der Waals surface area contributed by atoms with Crippen LogP contribution in [0.5, 0.6) is 0 Å². The summed E-state index contributed by atoms with van der Waals surface area (Å²) >= 11 is 0. The summed E-state index contributed by atoms with van der Waals surface area (Å²) in [5, 5.41) is 0. The maximum absolute atomic E-state index is 13.9. The molecule has 0 bridgehead atoms. The first-order valence-electron chi connectivity index (χ1n) is 11.3. The van der Waals surface area contributed by atoms with Gasteiger partial charge in [0.05, 0.1) is 16.9 Å². The van der Waals surface area contributed by atoms with Gasteiger partial charge in [0.15, 0.2) is 5.78 Å². The number of rotatable bonds is 4. The van der Waals surface area contributed by atoms with Crippen LogP contribution in [0.3, 0.4) is 0 Å². The summed E-state index contributed by atoms with van der Waals surface area (Å²) in [5.74, 6) is -0.608. The van der Waals surface area contributed by atoms with E-state index in [2.05, 4.69) is 0 Å². The van der Waals surface area contributed by atoms with Gasteiger partial charge in [0, 0.05) is 5.56 Å². The zero-order chi connectivity index (χ0) is 23.2. The van der Waals surface area contributed by atoms with Crippen LogP contribution in [0.4, 0.5) is 0 Å². The van der Waals surface area contributed by atoms with Crippen LogP contribution in [0.2, 0.25) is 0 Å². The van der Waals surface area contributed by atoms with Crippen molar-refractivity contribution in [2.45, 2.75) is 50.0 Å². The fraction of sp³-hybridized carbons (Fsp3) is 0.296. The van der Waals surface area contributed by atoms with E-state index in [1.165, 1.54) is 4.31 Å². The molecule has 1 heterocycles. The lowest BCUT2D eigenvalue weighted by Crippen LogP contribution is -2.47. The summed E-state index contributed by atoms with van der Waals surface area (Å²) in [7, 11) is -3.89. The maximum atomic E-state index is 13.9. The van der Waals surface area contributed by atoms with E-state index in [9.17, 15) is 13.2 Å². The number of ether oxygens (including phenoxy) is 1. The number of aryl methyl sites for hydroxylation is 2. The summed E-state index contributed by atoms with van der Waals surface area (Å²) in [4.78, 5) is 13.7. The summed E-state index contributed by atoms with van der Waals surface area (Å²) in [5.41, 5.74) is 3.57. The number of carbonyl (C=O) groups is 1. The van der Waals surface area contributed by atoms with Gasteiger partial charge in [0.1, 0.15) is 12.3 Å². The molecular weight excluding hydrogens is 434 g/mol. The van der Waals surface area contributed by atoms with Gasteiger partial charge in [-0.1, -0.05) is 72.3 Å². The number of nitrogens with zero attached hydrogens (tertiary/aromatic N) is 1. The van der Waals surface area contributed by atoms with Gasteiger partial charge < -0.3 is 4.74 Å². The number of sulfonamides is 1. The quantitative estimate of drug-likeness (QED) is 0.553. The van der Waals surface area contributed by atoms with Gasteiger partial charge in [0.25, 0.3) is 0 Å². The molecule has 3 aromatic carbocycles. The van der Waals surface area contributed by atoms with Gasteiger partial charge >= 0.3 is 0 Å². The third-order valence-electron chi connectivity index (χ3n) is 6.79. The molecule has 0 N–H and O–H groups in total. The van der Waals surface area contributed by atoms with Gasteiger partial charge in [-0.15, -0.1) is 0 Å². The van der Waals surface area contributed by atoms with Crippen LogP contribution in [-0.4, -0.2) is 30.8 Å². The second-order valence-electron chi connectivity index (χ2n) is 8.91. The molecule has 33 heavy (non-hydrogen) atoms. The van der Waals surface area contributed by atoms with Crippen molar-refractivity contribution in [3.8, 4) is 0 Å². The molecule has 0 unspecified atom stereocenters. The van der Waals surface area contributed by atoms with E-state index in [1.54, 1.807) is 24.3 Å². The number of ketones is 1. The Kier molecular flexibility index (Phi) is 5.69. The standard InChI is InChI=1S/C27H27NO4S/c1-18-12-15-22(16-13-18)33(30,31)28-19(2)26(21-9-4-3-5-10-21)32-27(28)24-17-14-20-8-6-7-11-23(20)25(24)29/h3-13,15-16,19,24,26-27H,14,17H2,1-2H3/t19-,24+,26+,27-/m1/s1. The summed E-state index contributed by atoms with van der Waals surface area (Å²) in [6.07, 6.45) is -0.0528. The minimum Gasteiger partial charge on any atom is -0.352 e. The number of Topliss-reactive ketones (excluding diaryl/α,β-unsaturated/α-hetero) is 1. The summed E-state index contributed by atoms with van der Waals surface area (Å²) in [6, 6.07) is 23.6. The van der Waals surface area contributed by atoms with Crippen LogP contribution in [0.25, 0.3) is 0 Å². The minimum absolute atomic E-state index is 0.0492. The summed E-state index contributed by atoms with van der Waals surface area (Å²) in [6.45, 7) is 3.79. The molecule has 3 aromatic rings. The predicted octanol–water partition coefficient (Wildman–Crippen LogP) is 4.92. The van der Waals surface area contributed by atoms with Crippen LogP contribution >= 0.6 is 0 Å². The molecule has 0 amide bonds. The van der Waals surface area contributed by atoms with Gasteiger partial charge in [0.2, 0.25) is 10.0 Å². The van der Waals surface area contributed by atoms with Gasteiger partial charge in [-0.2, -0.15) is 4.31 Å². The van der Waals surface area contributed by atoms with Crippen LogP contribution in [-0.2, 0) is 21.2 Å². The van der Waals surface area contributed by atoms with E-state index in [-0.39, 0.29) is 10.7 Å². The number of benzene rings is 3. The Morgan fingerprint density at radius 2 is 1.58 bits per heavy atom. The zero-order valence-electron chi connectivity index (χ0n) is 18.7. The smallest absolute Gasteiger partial charge is 0.245 e. The molecule has 0 aromatic heterocycles. The van der Waals surface area contributed by atoms with E-state index in [1.807, 2.05) is 68.4 Å².